The van der Waals surface area contributed by atoms with Crippen LogP contribution in [-0.2, 0) is 10.6 Å². The minimum absolute atomic E-state index is 0.224. The number of halogens is 3. The molecule has 0 saturated carbocycles. The summed E-state index contributed by atoms with van der Waals surface area (Å²) in [4.78, 5) is 10.8. The first-order valence-electron chi connectivity index (χ1n) is 10.6. The molecule has 2 heterocycles. The molecule has 0 fully saturated rings. The quantitative estimate of drug-likeness (QED) is 0.554. The lowest BCUT2D eigenvalue weighted by Gasteiger charge is -2.37. The summed E-state index contributed by atoms with van der Waals surface area (Å²) in [6, 6.07) is 19.5. The number of hydroxylamine groups is 2. The minimum Gasteiger partial charge on any atom is -0.485 e. The van der Waals surface area contributed by atoms with Gasteiger partial charge >= 0.3 is 6.36 Å². The Hall–Kier alpha value is -3.72. The van der Waals surface area contributed by atoms with Crippen LogP contribution in [0.2, 0.25) is 0 Å². The second-order valence-electron chi connectivity index (χ2n) is 8.35. The van der Waals surface area contributed by atoms with E-state index in [1.165, 1.54) is 29.3 Å². The van der Waals surface area contributed by atoms with Crippen LogP contribution in [0.25, 0.3) is 11.1 Å². The number of hydrogen-bond donors (Lipinski definition) is 1. The number of nitrogens with two attached hydrogens (primary N) is 1. The van der Waals surface area contributed by atoms with Crippen molar-refractivity contribution in [3.05, 3.63) is 83.4 Å². The van der Waals surface area contributed by atoms with Gasteiger partial charge in [-0.05, 0) is 47.9 Å². The lowest BCUT2D eigenvalue weighted by atomic mass is 9.88. The van der Waals surface area contributed by atoms with Crippen LogP contribution < -0.4 is 15.2 Å². The van der Waals surface area contributed by atoms with Gasteiger partial charge < -0.3 is 15.2 Å². The second kappa shape index (κ2) is 7.95. The van der Waals surface area contributed by atoms with Crippen LogP contribution in [0.3, 0.4) is 0 Å². The average Bonchev–Trinajstić information content (AvgIpc) is 3.06. The fourth-order valence-electron chi connectivity index (χ4n) is 4.31. The number of rotatable bonds is 3. The monoisotopic (exact) mass is 469 g/mol. The molecule has 2 aliphatic rings. The molecule has 6 nitrogen and oxygen atoms in total. The zero-order valence-corrected chi connectivity index (χ0v) is 18.5. The summed E-state index contributed by atoms with van der Waals surface area (Å²) in [6.45, 7) is 2.03. The Morgan fingerprint density at radius 3 is 2.44 bits per heavy atom. The van der Waals surface area contributed by atoms with Crippen LogP contribution in [0.5, 0.6) is 11.5 Å². The molecule has 9 heteroatoms. The maximum absolute atomic E-state index is 12.5. The van der Waals surface area contributed by atoms with Crippen LogP contribution in [0, 0.1) is 6.92 Å². The fraction of sp³-hybridized carbons (Fsp3) is 0.240. The lowest BCUT2D eigenvalue weighted by molar-refractivity contribution is -0.274. The molecular weight excluding hydrogens is 447 g/mol. The first kappa shape index (κ1) is 22.1. The van der Waals surface area contributed by atoms with Crippen LogP contribution >= 0.6 is 0 Å². The number of guanidine groups is 1. The standard InChI is InChI=1S/C25H22F3N3O3/c1-15-4-3-5-17(12-15)18-8-11-21-20(13-18)24(30-23(29)31(2)34-24)14-22(32-21)16-6-9-19(10-7-16)33-25(26,27)28/h3-13,22H,14H2,1-2H3,(H2,29,30). The van der Waals surface area contributed by atoms with Gasteiger partial charge in [0.2, 0.25) is 11.7 Å². The molecular formula is C25H22F3N3O3. The van der Waals surface area contributed by atoms with Crippen molar-refractivity contribution in [3.8, 4) is 22.6 Å². The molecule has 0 aliphatic carbocycles. The summed E-state index contributed by atoms with van der Waals surface area (Å²) in [7, 11) is 1.67. The average molecular weight is 469 g/mol. The molecule has 0 amide bonds. The highest BCUT2D eigenvalue weighted by atomic mass is 19.4. The van der Waals surface area contributed by atoms with E-state index < -0.39 is 18.2 Å². The predicted molar refractivity (Wildman–Crippen MR) is 120 cm³/mol. The Bertz CT molecular complexity index is 1260. The molecule has 34 heavy (non-hydrogen) atoms. The SMILES string of the molecule is Cc1cccc(-c2ccc3c(c2)C2(CC(c4ccc(OC(F)(F)F)cc4)O3)N=C(N)N(C)O2)c1. The molecule has 1 spiro atoms. The normalized spacial score (nSPS) is 21.7. The molecule has 3 aromatic rings. The topological polar surface area (TPSA) is 69.3 Å². The van der Waals surface area contributed by atoms with E-state index in [1.807, 2.05) is 43.3 Å². The first-order chi connectivity index (χ1) is 16.1. The molecule has 2 unspecified atom stereocenters. The number of fused-ring (bicyclic) bond motifs is 2. The van der Waals surface area contributed by atoms with Crippen molar-refractivity contribution in [1.82, 2.24) is 5.06 Å². The smallest absolute Gasteiger partial charge is 0.485 e. The van der Waals surface area contributed by atoms with Gasteiger partial charge in [0, 0.05) is 13.5 Å². The van der Waals surface area contributed by atoms with E-state index in [0.29, 0.717) is 11.3 Å². The van der Waals surface area contributed by atoms with Crippen LogP contribution in [-0.4, -0.2) is 24.4 Å². The summed E-state index contributed by atoms with van der Waals surface area (Å²) in [5, 5.41) is 1.41. The predicted octanol–water partition coefficient (Wildman–Crippen LogP) is 5.43. The van der Waals surface area contributed by atoms with Gasteiger partial charge in [0.1, 0.15) is 17.6 Å². The van der Waals surface area contributed by atoms with E-state index >= 15 is 0 Å². The number of ether oxygens (including phenoxy) is 2. The number of alkyl halides is 3. The van der Waals surface area contributed by atoms with E-state index in [4.69, 9.17) is 15.3 Å². The molecule has 0 bridgehead atoms. The zero-order valence-electron chi connectivity index (χ0n) is 18.5. The highest BCUT2D eigenvalue weighted by molar-refractivity contribution is 5.79. The molecule has 2 aliphatic heterocycles. The van der Waals surface area contributed by atoms with E-state index in [9.17, 15) is 13.2 Å². The van der Waals surface area contributed by atoms with Gasteiger partial charge in [-0.3, -0.25) is 0 Å². The fourth-order valence-corrected chi connectivity index (χ4v) is 4.31. The third-order valence-electron chi connectivity index (χ3n) is 5.87. The van der Waals surface area contributed by atoms with Gasteiger partial charge in [-0.1, -0.05) is 48.0 Å². The number of aliphatic imine (C=N–C) groups is 1. The molecule has 0 radical (unpaired) electrons. The highest BCUT2D eigenvalue weighted by Gasteiger charge is 2.49. The summed E-state index contributed by atoms with van der Waals surface area (Å²) in [6.07, 6.45) is -5.00. The van der Waals surface area contributed by atoms with Crippen LogP contribution in [0.1, 0.15) is 29.2 Å². The van der Waals surface area contributed by atoms with E-state index in [-0.39, 0.29) is 18.1 Å². The van der Waals surface area contributed by atoms with Crippen molar-refractivity contribution >= 4 is 5.96 Å². The molecule has 176 valence electrons. The van der Waals surface area contributed by atoms with E-state index in [2.05, 4.69) is 15.8 Å². The molecule has 2 atom stereocenters. The Morgan fingerprint density at radius 2 is 1.79 bits per heavy atom. The van der Waals surface area contributed by atoms with E-state index in [0.717, 1.165) is 22.3 Å². The minimum atomic E-state index is -4.75. The number of benzene rings is 3. The van der Waals surface area contributed by atoms with Gasteiger partial charge in [0.15, 0.2) is 0 Å². The van der Waals surface area contributed by atoms with Crippen molar-refractivity contribution in [2.75, 3.05) is 7.05 Å². The summed E-state index contributed by atoms with van der Waals surface area (Å²) >= 11 is 0. The maximum atomic E-state index is 12.5. The van der Waals surface area contributed by atoms with Crippen molar-refractivity contribution in [3.63, 3.8) is 0 Å². The Morgan fingerprint density at radius 1 is 1.06 bits per heavy atom. The van der Waals surface area contributed by atoms with Gasteiger partial charge in [-0.15, -0.1) is 13.2 Å². The number of aryl methyl sites for hydroxylation is 1. The summed E-state index contributed by atoms with van der Waals surface area (Å²) in [5.74, 6) is 0.487. The number of hydrogen-bond acceptors (Lipinski definition) is 6. The molecule has 3 aromatic carbocycles. The number of nitrogens with zero attached hydrogens (tertiary/aromatic N) is 2. The van der Waals surface area contributed by atoms with Crippen molar-refractivity contribution in [2.24, 2.45) is 10.7 Å². The Balaban J connectivity index is 1.53. The Labute approximate surface area is 194 Å². The van der Waals surface area contributed by atoms with Crippen molar-refractivity contribution in [1.29, 1.82) is 0 Å². The second-order valence-corrected chi connectivity index (χ2v) is 8.35. The highest BCUT2D eigenvalue weighted by Crippen LogP contribution is 2.50. The third-order valence-corrected chi connectivity index (χ3v) is 5.87. The largest absolute Gasteiger partial charge is 0.573 e. The van der Waals surface area contributed by atoms with Crippen molar-refractivity contribution < 1.29 is 27.5 Å². The maximum Gasteiger partial charge on any atom is 0.573 e. The molecule has 0 aromatic heterocycles. The summed E-state index contributed by atoms with van der Waals surface area (Å²) in [5.41, 5.74) is 9.48. The van der Waals surface area contributed by atoms with Gasteiger partial charge in [0.05, 0.1) is 5.56 Å². The van der Waals surface area contributed by atoms with Crippen molar-refractivity contribution in [2.45, 2.75) is 31.5 Å². The lowest BCUT2D eigenvalue weighted by Crippen LogP contribution is -2.36. The van der Waals surface area contributed by atoms with E-state index in [1.54, 1.807) is 7.05 Å². The molecule has 0 saturated heterocycles. The Kier molecular flexibility index (Phi) is 5.16. The van der Waals surface area contributed by atoms with Gasteiger partial charge in [-0.2, -0.15) is 0 Å². The van der Waals surface area contributed by atoms with Gasteiger partial charge in [0.25, 0.3) is 0 Å². The van der Waals surface area contributed by atoms with Crippen LogP contribution in [0.15, 0.2) is 71.7 Å². The summed E-state index contributed by atoms with van der Waals surface area (Å²) < 4.78 is 47.8. The molecule has 2 N–H and O–H groups in total. The zero-order chi connectivity index (χ0) is 24.1. The third kappa shape index (κ3) is 4.14. The molecule has 5 rings (SSSR count). The van der Waals surface area contributed by atoms with Crippen LogP contribution in [0.4, 0.5) is 13.2 Å². The first-order valence-corrected chi connectivity index (χ1v) is 10.6. The van der Waals surface area contributed by atoms with Gasteiger partial charge in [-0.25, -0.2) is 14.9 Å².